The zero-order chi connectivity index (χ0) is 10.8. The summed E-state index contributed by atoms with van der Waals surface area (Å²) in [4.78, 5) is 2.93. The van der Waals surface area contributed by atoms with Crippen molar-refractivity contribution in [3.8, 4) is 0 Å². The maximum absolute atomic E-state index is 9.82. The summed E-state index contributed by atoms with van der Waals surface area (Å²) in [5, 5.41) is 9.82. The molecular formula is C10H17BNO2. The van der Waals surface area contributed by atoms with Crippen LogP contribution in [0.2, 0.25) is 0 Å². The third-order valence-electron chi connectivity index (χ3n) is 2.59. The molecule has 14 heavy (non-hydrogen) atoms. The Morgan fingerprint density at radius 3 is 2.43 bits per heavy atom. The SMILES string of the molecule is CC(C)(O)C(C)(C)O[B]c1cc[nH]c1. The first-order valence-corrected chi connectivity index (χ1v) is 4.69. The fourth-order valence-electron chi connectivity index (χ4n) is 0.770. The number of hydrogen-bond donors (Lipinski definition) is 2. The molecule has 0 saturated carbocycles. The van der Waals surface area contributed by atoms with Crippen molar-refractivity contribution in [3.63, 3.8) is 0 Å². The molecule has 4 heteroatoms. The molecular weight excluding hydrogens is 177 g/mol. The first-order chi connectivity index (χ1) is 6.33. The molecule has 0 bridgehead atoms. The summed E-state index contributed by atoms with van der Waals surface area (Å²) < 4.78 is 5.54. The van der Waals surface area contributed by atoms with Crippen LogP contribution in [0.5, 0.6) is 0 Å². The van der Waals surface area contributed by atoms with Crippen LogP contribution in [0.1, 0.15) is 27.7 Å². The van der Waals surface area contributed by atoms with Gasteiger partial charge in [0.15, 0.2) is 0 Å². The molecule has 2 N–H and O–H groups in total. The van der Waals surface area contributed by atoms with Gasteiger partial charge < -0.3 is 14.7 Å². The monoisotopic (exact) mass is 194 g/mol. The minimum absolute atomic E-state index is 0.607. The molecule has 1 rings (SSSR count). The number of rotatable bonds is 4. The normalized spacial score (nSPS) is 12.9. The van der Waals surface area contributed by atoms with Crippen molar-refractivity contribution in [1.29, 1.82) is 0 Å². The van der Waals surface area contributed by atoms with Crippen LogP contribution < -0.4 is 5.46 Å². The molecule has 1 radical (unpaired) electrons. The smallest absolute Gasteiger partial charge is 0.332 e. The average Bonchev–Trinajstić information content (AvgIpc) is 2.50. The second-order valence-corrected chi connectivity index (χ2v) is 4.45. The van der Waals surface area contributed by atoms with Crippen LogP contribution in [0.15, 0.2) is 18.5 Å². The minimum Gasteiger partial charge on any atom is -0.427 e. The molecule has 1 heterocycles. The third-order valence-corrected chi connectivity index (χ3v) is 2.59. The summed E-state index contributed by atoms with van der Waals surface area (Å²) in [5.41, 5.74) is -0.522. The molecule has 1 aromatic heterocycles. The predicted octanol–water partition coefficient (Wildman–Crippen LogP) is 0.825. The van der Waals surface area contributed by atoms with E-state index in [0.29, 0.717) is 0 Å². The summed E-state index contributed by atoms with van der Waals surface area (Å²) in [6, 6.07) is 1.90. The Morgan fingerprint density at radius 2 is 2.00 bits per heavy atom. The number of aromatic amines is 1. The van der Waals surface area contributed by atoms with Crippen molar-refractivity contribution in [2.75, 3.05) is 0 Å². The second kappa shape index (κ2) is 3.79. The van der Waals surface area contributed by atoms with Crippen molar-refractivity contribution in [2.45, 2.75) is 38.9 Å². The van der Waals surface area contributed by atoms with Crippen molar-refractivity contribution in [2.24, 2.45) is 0 Å². The highest BCUT2D eigenvalue weighted by molar-refractivity contribution is 6.46. The number of aliphatic hydroxyl groups is 1. The van der Waals surface area contributed by atoms with E-state index in [1.807, 2.05) is 32.3 Å². The van der Waals surface area contributed by atoms with Gasteiger partial charge in [-0.05, 0) is 45.4 Å². The minimum atomic E-state index is -0.875. The highest BCUT2D eigenvalue weighted by atomic mass is 16.5. The van der Waals surface area contributed by atoms with Gasteiger partial charge in [0, 0.05) is 6.20 Å². The topological polar surface area (TPSA) is 45.2 Å². The Bertz CT molecular complexity index is 275. The molecule has 0 amide bonds. The van der Waals surface area contributed by atoms with E-state index in [0.717, 1.165) is 5.46 Å². The van der Waals surface area contributed by atoms with Gasteiger partial charge in [0.05, 0.1) is 11.2 Å². The average molecular weight is 194 g/mol. The van der Waals surface area contributed by atoms with Crippen molar-refractivity contribution < 1.29 is 9.76 Å². The van der Waals surface area contributed by atoms with Crippen molar-refractivity contribution >= 4 is 12.9 Å². The Hall–Kier alpha value is -0.735. The highest BCUT2D eigenvalue weighted by Gasteiger charge is 2.35. The maximum Gasteiger partial charge on any atom is 0.332 e. The predicted molar refractivity (Wildman–Crippen MR) is 57.6 cm³/mol. The molecule has 0 unspecified atom stereocenters. The van der Waals surface area contributed by atoms with Gasteiger partial charge in [-0.1, -0.05) is 0 Å². The standard InChI is InChI=1S/C10H17BNO2/c1-9(2,13)10(3,4)14-11-8-5-6-12-7-8/h5-7,12-13H,1-4H3. The lowest BCUT2D eigenvalue weighted by molar-refractivity contribution is -0.0893. The number of nitrogens with one attached hydrogen (secondary N) is 1. The quantitative estimate of drug-likeness (QED) is 0.697. The van der Waals surface area contributed by atoms with Crippen molar-refractivity contribution in [1.82, 2.24) is 4.98 Å². The zero-order valence-corrected chi connectivity index (χ0v) is 9.16. The van der Waals surface area contributed by atoms with Crippen LogP contribution in [0.25, 0.3) is 0 Å². The fraction of sp³-hybridized carbons (Fsp3) is 0.600. The van der Waals surface area contributed by atoms with Gasteiger partial charge in [-0.2, -0.15) is 0 Å². The summed E-state index contributed by atoms with van der Waals surface area (Å²) in [5.74, 6) is 0. The van der Waals surface area contributed by atoms with E-state index in [-0.39, 0.29) is 0 Å². The maximum atomic E-state index is 9.82. The largest absolute Gasteiger partial charge is 0.427 e. The van der Waals surface area contributed by atoms with Gasteiger partial charge in [0.1, 0.15) is 0 Å². The Morgan fingerprint density at radius 1 is 1.36 bits per heavy atom. The Labute approximate surface area is 85.8 Å². The molecule has 0 saturated heterocycles. The van der Waals surface area contributed by atoms with Gasteiger partial charge in [0.25, 0.3) is 0 Å². The van der Waals surface area contributed by atoms with Crippen LogP contribution in [0.3, 0.4) is 0 Å². The summed E-state index contributed by atoms with van der Waals surface area (Å²) >= 11 is 0. The van der Waals surface area contributed by atoms with Crippen LogP contribution in [-0.4, -0.2) is 28.8 Å². The number of aromatic nitrogens is 1. The summed E-state index contributed by atoms with van der Waals surface area (Å²) in [6.45, 7) is 7.18. The van der Waals surface area contributed by atoms with Crippen molar-refractivity contribution in [3.05, 3.63) is 18.5 Å². The van der Waals surface area contributed by atoms with E-state index in [2.05, 4.69) is 4.98 Å². The molecule has 0 aliphatic carbocycles. The molecule has 77 valence electrons. The van der Waals surface area contributed by atoms with E-state index >= 15 is 0 Å². The molecule has 0 fully saturated rings. The first kappa shape index (κ1) is 11.3. The van der Waals surface area contributed by atoms with Gasteiger partial charge in [-0.3, -0.25) is 0 Å². The Balaban J connectivity index is 2.53. The molecule has 0 aliphatic rings. The second-order valence-electron chi connectivity index (χ2n) is 4.45. The van der Waals surface area contributed by atoms with E-state index in [4.69, 9.17) is 4.65 Å². The summed E-state index contributed by atoms with van der Waals surface area (Å²) in [6.07, 6.45) is 3.66. The Kier molecular flexibility index (Phi) is 3.07. The molecule has 1 aromatic rings. The van der Waals surface area contributed by atoms with E-state index in [1.165, 1.54) is 0 Å². The van der Waals surface area contributed by atoms with Gasteiger partial charge in [0.2, 0.25) is 0 Å². The number of H-pyrrole nitrogens is 1. The van der Waals surface area contributed by atoms with Gasteiger partial charge in [-0.25, -0.2) is 0 Å². The molecule has 3 nitrogen and oxygen atoms in total. The lowest BCUT2D eigenvalue weighted by atomic mass is 9.84. The van der Waals surface area contributed by atoms with Crippen LogP contribution in [0, 0.1) is 0 Å². The summed E-state index contributed by atoms with van der Waals surface area (Å²) in [7, 11) is 1.65. The van der Waals surface area contributed by atoms with E-state index < -0.39 is 11.2 Å². The van der Waals surface area contributed by atoms with Gasteiger partial charge >= 0.3 is 7.48 Å². The third kappa shape index (κ3) is 2.62. The molecule has 0 aromatic carbocycles. The number of hydrogen-bond acceptors (Lipinski definition) is 2. The fourth-order valence-corrected chi connectivity index (χ4v) is 0.770. The molecule has 0 atom stereocenters. The molecule has 0 aliphatic heterocycles. The van der Waals surface area contributed by atoms with Crippen LogP contribution in [-0.2, 0) is 4.65 Å². The first-order valence-electron chi connectivity index (χ1n) is 4.69. The van der Waals surface area contributed by atoms with Crippen LogP contribution >= 0.6 is 0 Å². The zero-order valence-electron chi connectivity index (χ0n) is 9.16. The van der Waals surface area contributed by atoms with Crippen LogP contribution in [0.4, 0.5) is 0 Å². The van der Waals surface area contributed by atoms with Gasteiger partial charge in [-0.15, -0.1) is 0 Å². The van der Waals surface area contributed by atoms with E-state index in [1.54, 1.807) is 21.3 Å². The van der Waals surface area contributed by atoms with E-state index in [9.17, 15) is 5.11 Å². The molecule has 0 spiro atoms. The highest BCUT2D eigenvalue weighted by Crippen LogP contribution is 2.24. The lowest BCUT2D eigenvalue weighted by Gasteiger charge is -2.37. The lowest BCUT2D eigenvalue weighted by Crippen LogP contribution is -2.49.